The van der Waals surface area contributed by atoms with Crippen molar-refractivity contribution in [2.75, 3.05) is 0 Å². The molecular weight excluding hydrogens is 494 g/mol. The van der Waals surface area contributed by atoms with Crippen LogP contribution in [-0.4, -0.2) is 11.2 Å². The van der Waals surface area contributed by atoms with Crippen LogP contribution >= 0.6 is 0 Å². The summed E-state index contributed by atoms with van der Waals surface area (Å²) in [6, 6.07) is 25.1. The predicted octanol–water partition coefficient (Wildman–Crippen LogP) is 8.66. The van der Waals surface area contributed by atoms with Gasteiger partial charge in [-0.2, -0.15) is 5.90 Å². The Balaban J connectivity index is 1.27. The van der Waals surface area contributed by atoms with Crippen molar-refractivity contribution < 1.29 is 14.7 Å². The van der Waals surface area contributed by atoms with Gasteiger partial charge in [-0.3, -0.25) is 0 Å². The van der Waals surface area contributed by atoms with Crippen molar-refractivity contribution in [3.63, 3.8) is 0 Å². The number of hydrogen-bond acceptors (Lipinski definition) is 4. The van der Waals surface area contributed by atoms with Crippen molar-refractivity contribution in [1.29, 1.82) is 0 Å². The topological polar surface area (TPSA) is 64.7 Å². The number of benzene rings is 3. The summed E-state index contributed by atoms with van der Waals surface area (Å²) in [6.07, 6.45) is 13.0. The standard InChI is InChI=1S/C36H43NO3/c1-4-6-7-9-27(3)39-34-22-12-28(13-23-34)10-8-11-33(38)26-35(40-37)31-16-14-29(15-17-31)30-18-20-32(21-19-30)36(5-2)24-25-36/h6-7,12-23,26,33,38H,3-5,8-11,24-25,37H2,1-2H3/b7-6-,35-26+. The highest BCUT2D eigenvalue weighted by molar-refractivity contribution is 5.68. The molecule has 1 aliphatic carbocycles. The van der Waals surface area contributed by atoms with Gasteiger partial charge in [0.05, 0.1) is 6.10 Å². The first-order chi connectivity index (χ1) is 19.5. The molecule has 0 amide bonds. The van der Waals surface area contributed by atoms with Gasteiger partial charge in [0.15, 0.2) is 5.76 Å². The molecular formula is C36H43NO3. The third-order valence-electron chi connectivity index (χ3n) is 7.90. The summed E-state index contributed by atoms with van der Waals surface area (Å²) in [7, 11) is 0. The van der Waals surface area contributed by atoms with Gasteiger partial charge in [0, 0.05) is 12.0 Å². The number of aliphatic hydroxyl groups excluding tert-OH is 1. The molecule has 0 aliphatic heterocycles. The van der Waals surface area contributed by atoms with Crippen LogP contribution in [0, 0.1) is 0 Å². The van der Waals surface area contributed by atoms with E-state index in [0.717, 1.165) is 41.9 Å². The zero-order valence-electron chi connectivity index (χ0n) is 23.9. The lowest BCUT2D eigenvalue weighted by Crippen LogP contribution is -2.07. The fourth-order valence-electron chi connectivity index (χ4n) is 5.13. The van der Waals surface area contributed by atoms with E-state index in [9.17, 15) is 5.11 Å². The number of aryl methyl sites for hydroxylation is 1. The van der Waals surface area contributed by atoms with Crippen LogP contribution in [-0.2, 0) is 16.7 Å². The molecule has 0 spiro atoms. The molecule has 3 N–H and O–H groups in total. The minimum Gasteiger partial charge on any atom is -0.462 e. The fourth-order valence-corrected chi connectivity index (χ4v) is 5.13. The maximum Gasteiger partial charge on any atom is 0.152 e. The molecule has 40 heavy (non-hydrogen) atoms. The van der Waals surface area contributed by atoms with Gasteiger partial charge in [-0.05, 0) is 90.8 Å². The van der Waals surface area contributed by atoms with Crippen LogP contribution in [0.3, 0.4) is 0 Å². The van der Waals surface area contributed by atoms with E-state index in [2.05, 4.69) is 81.1 Å². The molecule has 1 atom stereocenters. The van der Waals surface area contributed by atoms with Gasteiger partial charge in [-0.15, -0.1) is 0 Å². The van der Waals surface area contributed by atoms with Gasteiger partial charge in [0.25, 0.3) is 0 Å². The second-order valence-corrected chi connectivity index (χ2v) is 10.8. The molecule has 0 bridgehead atoms. The molecule has 3 aromatic carbocycles. The molecule has 0 aromatic heterocycles. The Morgan fingerprint density at radius 3 is 2.17 bits per heavy atom. The Morgan fingerprint density at radius 1 is 0.950 bits per heavy atom. The number of hydrogen-bond donors (Lipinski definition) is 2. The molecule has 1 aliphatic rings. The smallest absolute Gasteiger partial charge is 0.152 e. The number of aliphatic hydroxyl groups is 1. The third-order valence-corrected chi connectivity index (χ3v) is 7.90. The maximum absolute atomic E-state index is 10.6. The predicted molar refractivity (Wildman–Crippen MR) is 166 cm³/mol. The number of allylic oxidation sites excluding steroid dienone is 2. The Morgan fingerprint density at radius 2 is 1.60 bits per heavy atom. The van der Waals surface area contributed by atoms with E-state index >= 15 is 0 Å². The quantitative estimate of drug-likeness (QED) is 0.116. The molecule has 0 heterocycles. The number of ether oxygens (including phenoxy) is 1. The number of rotatable bonds is 15. The van der Waals surface area contributed by atoms with E-state index in [0.29, 0.717) is 24.0 Å². The van der Waals surface area contributed by atoms with E-state index in [1.807, 2.05) is 24.3 Å². The van der Waals surface area contributed by atoms with Gasteiger partial charge >= 0.3 is 0 Å². The molecule has 1 unspecified atom stereocenters. The normalized spacial score (nSPS) is 15.2. The fraction of sp³-hybridized carbons (Fsp3) is 0.333. The lowest BCUT2D eigenvalue weighted by atomic mass is 9.91. The van der Waals surface area contributed by atoms with Crippen LogP contribution in [0.25, 0.3) is 16.9 Å². The average molecular weight is 538 g/mol. The first-order valence-electron chi connectivity index (χ1n) is 14.5. The second-order valence-electron chi connectivity index (χ2n) is 10.8. The van der Waals surface area contributed by atoms with Crippen molar-refractivity contribution in [3.8, 4) is 16.9 Å². The summed E-state index contributed by atoms with van der Waals surface area (Å²) in [5, 5.41) is 10.6. The Labute approximate surface area is 239 Å². The SMILES string of the molecule is C=C(C/C=C\CC)Oc1ccc(CCCC(O)/C=C(/ON)c2ccc(-c3ccc(C4(CC)CC4)cc3)cc2)cc1. The van der Waals surface area contributed by atoms with Crippen molar-refractivity contribution in [1.82, 2.24) is 0 Å². The van der Waals surface area contributed by atoms with E-state index in [-0.39, 0.29) is 0 Å². The van der Waals surface area contributed by atoms with Crippen LogP contribution in [0.5, 0.6) is 5.75 Å². The molecule has 4 nitrogen and oxygen atoms in total. The molecule has 4 heteroatoms. The van der Waals surface area contributed by atoms with Gasteiger partial charge < -0.3 is 14.7 Å². The monoisotopic (exact) mass is 537 g/mol. The zero-order chi connectivity index (χ0) is 28.4. The Kier molecular flexibility index (Phi) is 10.4. The van der Waals surface area contributed by atoms with Crippen molar-refractivity contribution in [2.45, 2.75) is 76.7 Å². The van der Waals surface area contributed by atoms with E-state index in [4.69, 9.17) is 15.5 Å². The van der Waals surface area contributed by atoms with Crippen molar-refractivity contribution in [2.24, 2.45) is 5.90 Å². The third kappa shape index (κ3) is 7.97. The van der Waals surface area contributed by atoms with Crippen molar-refractivity contribution in [3.05, 3.63) is 120 Å². The lowest BCUT2D eigenvalue weighted by molar-refractivity contribution is 0.203. The number of nitrogens with two attached hydrogens (primary N) is 1. The summed E-state index contributed by atoms with van der Waals surface area (Å²) in [6.45, 7) is 8.36. The largest absolute Gasteiger partial charge is 0.462 e. The summed E-state index contributed by atoms with van der Waals surface area (Å²) >= 11 is 0. The van der Waals surface area contributed by atoms with Crippen LogP contribution in [0.2, 0.25) is 0 Å². The summed E-state index contributed by atoms with van der Waals surface area (Å²) in [5.41, 5.74) is 6.24. The summed E-state index contributed by atoms with van der Waals surface area (Å²) in [4.78, 5) is 5.14. The van der Waals surface area contributed by atoms with E-state index in [1.54, 1.807) is 6.08 Å². The molecule has 3 aromatic rings. The molecule has 1 fully saturated rings. The van der Waals surface area contributed by atoms with Crippen LogP contribution in [0.15, 0.2) is 103 Å². The highest BCUT2D eigenvalue weighted by atomic mass is 16.6. The van der Waals surface area contributed by atoms with Crippen LogP contribution in [0.4, 0.5) is 0 Å². The Bertz CT molecular complexity index is 1280. The first kappa shape index (κ1) is 29.4. The second kappa shape index (κ2) is 14.2. The molecule has 0 saturated heterocycles. The minimum atomic E-state index is -0.652. The molecule has 0 radical (unpaired) electrons. The van der Waals surface area contributed by atoms with E-state index < -0.39 is 6.10 Å². The molecule has 210 valence electrons. The first-order valence-corrected chi connectivity index (χ1v) is 14.5. The van der Waals surface area contributed by atoms with Crippen LogP contribution in [0.1, 0.15) is 75.5 Å². The maximum atomic E-state index is 10.6. The summed E-state index contributed by atoms with van der Waals surface area (Å²) in [5.74, 6) is 7.57. The van der Waals surface area contributed by atoms with Gasteiger partial charge in [-0.1, -0.05) is 93.2 Å². The van der Waals surface area contributed by atoms with Gasteiger partial charge in [0.2, 0.25) is 0 Å². The highest BCUT2D eigenvalue weighted by Crippen LogP contribution is 2.51. The Hall–Kier alpha value is -3.60. The lowest BCUT2D eigenvalue weighted by Gasteiger charge is -2.14. The minimum absolute atomic E-state index is 0.419. The van der Waals surface area contributed by atoms with Crippen LogP contribution < -0.4 is 10.6 Å². The summed E-state index contributed by atoms with van der Waals surface area (Å²) < 4.78 is 5.79. The molecule has 1 saturated carbocycles. The molecule has 4 rings (SSSR count). The van der Waals surface area contributed by atoms with Gasteiger partial charge in [-0.25, -0.2) is 0 Å². The van der Waals surface area contributed by atoms with E-state index in [1.165, 1.54) is 36.0 Å². The van der Waals surface area contributed by atoms with Gasteiger partial charge in [0.1, 0.15) is 11.5 Å². The zero-order valence-corrected chi connectivity index (χ0v) is 23.9. The highest BCUT2D eigenvalue weighted by Gasteiger charge is 2.41. The van der Waals surface area contributed by atoms with Crippen molar-refractivity contribution >= 4 is 5.76 Å². The average Bonchev–Trinajstić information content (AvgIpc) is 3.79.